The molecular formula is C24H30N4O3S. The number of piperazine rings is 1. The summed E-state index contributed by atoms with van der Waals surface area (Å²) in [4.78, 5) is 18.3. The van der Waals surface area contributed by atoms with Crippen LogP contribution < -0.4 is 5.32 Å². The summed E-state index contributed by atoms with van der Waals surface area (Å²) in [6, 6.07) is 14.8. The zero-order valence-electron chi connectivity index (χ0n) is 18.5. The third kappa shape index (κ3) is 4.72. The third-order valence-corrected chi connectivity index (χ3v) is 8.14. The number of nitrogens with one attached hydrogen (secondary N) is 2. The van der Waals surface area contributed by atoms with Crippen LogP contribution in [0.2, 0.25) is 0 Å². The zero-order valence-corrected chi connectivity index (χ0v) is 19.4. The average molecular weight is 455 g/mol. The number of hydrogen-bond acceptors (Lipinski definition) is 4. The lowest BCUT2D eigenvalue weighted by atomic mass is 10.1. The topological polar surface area (TPSA) is 85.5 Å². The Labute approximate surface area is 189 Å². The van der Waals surface area contributed by atoms with Crippen molar-refractivity contribution in [1.82, 2.24) is 19.5 Å². The molecule has 1 saturated heterocycles. The summed E-state index contributed by atoms with van der Waals surface area (Å²) >= 11 is 0. The highest BCUT2D eigenvalue weighted by Crippen LogP contribution is 2.20. The Hall–Kier alpha value is -2.68. The minimum atomic E-state index is -3.50. The summed E-state index contributed by atoms with van der Waals surface area (Å²) in [6.45, 7) is 6.19. The molecule has 7 nitrogen and oxygen atoms in total. The highest BCUT2D eigenvalue weighted by molar-refractivity contribution is 7.89. The first-order valence-electron chi connectivity index (χ1n) is 11.0. The van der Waals surface area contributed by atoms with Crippen LogP contribution in [0, 0.1) is 6.92 Å². The standard InChI is InChI=1S/C24H30N4O3S/c1-18-7-9-21(10-8-18)32(30,31)28-15-13-27(14-16-28)19(2)24(29)25-12-11-20-17-26-23-6-4-3-5-22(20)23/h3-10,17,19,26H,11-16H2,1-2H3,(H,25,29). The van der Waals surface area contributed by atoms with Gasteiger partial charge in [-0.05, 0) is 44.0 Å². The zero-order chi connectivity index (χ0) is 22.7. The van der Waals surface area contributed by atoms with Crippen LogP contribution in [0.1, 0.15) is 18.1 Å². The predicted molar refractivity (Wildman–Crippen MR) is 126 cm³/mol. The first kappa shape index (κ1) is 22.5. The van der Waals surface area contributed by atoms with E-state index >= 15 is 0 Å². The van der Waals surface area contributed by atoms with Crippen LogP contribution >= 0.6 is 0 Å². The molecule has 1 aromatic heterocycles. The monoisotopic (exact) mass is 454 g/mol. The molecule has 1 atom stereocenters. The minimum Gasteiger partial charge on any atom is -0.361 e. The Bertz CT molecular complexity index is 1180. The van der Waals surface area contributed by atoms with Crippen molar-refractivity contribution >= 4 is 26.8 Å². The Morgan fingerprint density at radius 3 is 2.47 bits per heavy atom. The number of aryl methyl sites for hydroxylation is 1. The number of benzene rings is 2. The van der Waals surface area contributed by atoms with Crippen LogP contribution in [-0.4, -0.2) is 67.3 Å². The van der Waals surface area contributed by atoms with Gasteiger partial charge in [0.2, 0.25) is 15.9 Å². The fourth-order valence-electron chi connectivity index (χ4n) is 4.16. The van der Waals surface area contributed by atoms with Crippen molar-refractivity contribution in [2.75, 3.05) is 32.7 Å². The molecule has 1 aliphatic rings. The predicted octanol–water partition coefficient (Wildman–Crippen LogP) is 2.53. The van der Waals surface area contributed by atoms with E-state index in [2.05, 4.69) is 16.4 Å². The number of carbonyl (C=O) groups excluding carboxylic acids is 1. The van der Waals surface area contributed by atoms with Crippen LogP contribution in [0.4, 0.5) is 0 Å². The quantitative estimate of drug-likeness (QED) is 0.575. The molecule has 0 saturated carbocycles. The molecule has 4 rings (SSSR count). The Balaban J connectivity index is 1.27. The van der Waals surface area contributed by atoms with Gasteiger partial charge in [0.1, 0.15) is 0 Å². The second-order valence-corrected chi connectivity index (χ2v) is 10.3. The molecule has 1 fully saturated rings. The van der Waals surface area contributed by atoms with E-state index in [1.54, 1.807) is 12.1 Å². The van der Waals surface area contributed by atoms with Crippen LogP contribution in [0.5, 0.6) is 0 Å². The van der Waals surface area contributed by atoms with E-state index in [4.69, 9.17) is 0 Å². The van der Waals surface area contributed by atoms with Crippen molar-refractivity contribution < 1.29 is 13.2 Å². The fourth-order valence-corrected chi connectivity index (χ4v) is 5.59. The van der Waals surface area contributed by atoms with Gasteiger partial charge in [-0.15, -0.1) is 0 Å². The molecule has 0 aliphatic carbocycles. The van der Waals surface area contributed by atoms with E-state index in [1.165, 1.54) is 15.3 Å². The number of aromatic nitrogens is 1. The molecule has 0 spiro atoms. The smallest absolute Gasteiger partial charge is 0.243 e. The number of para-hydroxylation sites is 1. The van der Waals surface area contributed by atoms with Crippen molar-refractivity contribution in [2.45, 2.75) is 31.2 Å². The van der Waals surface area contributed by atoms with E-state index in [1.807, 2.05) is 55.3 Å². The summed E-state index contributed by atoms with van der Waals surface area (Å²) in [7, 11) is -3.50. The Morgan fingerprint density at radius 1 is 1.06 bits per heavy atom. The molecular weight excluding hydrogens is 424 g/mol. The molecule has 3 aromatic rings. The molecule has 1 unspecified atom stereocenters. The van der Waals surface area contributed by atoms with Crippen LogP contribution in [-0.2, 0) is 21.2 Å². The molecule has 2 N–H and O–H groups in total. The fraction of sp³-hybridized carbons (Fsp3) is 0.375. The summed E-state index contributed by atoms with van der Waals surface area (Å²) in [6.07, 6.45) is 2.75. The molecule has 0 radical (unpaired) electrons. The van der Waals surface area contributed by atoms with Crippen LogP contribution in [0.3, 0.4) is 0 Å². The van der Waals surface area contributed by atoms with E-state index in [0.29, 0.717) is 37.6 Å². The number of carbonyl (C=O) groups is 1. The highest BCUT2D eigenvalue weighted by atomic mass is 32.2. The maximum Gasteiger partial charge on any atom is 0.243 e. The number of fused-ring (bicyclic) bond motifs is 1. The van der Waals surface area contributed by atoms with Gasteiger partial charge in [0, 0.05) is 49.8 Å². The first-order valence-corrected chi connectivity index (χ1v) is 12.4. The molecule has 32 heavy (non-hydrogen) atoms. The average Bonchev–Trinajstić information content (AvgIpc) is 3.22. The molecule has 2 aromatic carbocycles. The molecule has 170 valence electrons. The number of aromatic amines is 1. The van der Waals surface area contributed by atoms with E-state index in [0.717, 1.165) is 17.5 Å². The molecule has 1 aliphatic heterocycles. The minimum absolute atomic E-state index is 0.0281. The summed E-state index contributed by atoms with van der Waals surface area (Å²) in [5.74, 6) is -0.0281. The van der Waals surface area contributed by atoms with Crippen molar-refractivity contribution in [2.24, 2.45) is 0 Å². The lowest BCUT2D eigenvalue weighted by Gasteiger charge is -2.36. The van der Waals surface area contributed by atoms with E-state index in [-0.39, 0.29) is 11.9 Å². The van der Waals surface area contributed by atoms with Gasteiger partial charge in [-0.2, -0.15) is 4.31 Å². The molecule has 0 bridgehead atoms. The van der Waals surface area contributed by atoms with Gasteiger partial charge in [0.15, 0.2) is 0 Å². The van der Waals surface area contributed by atoms with Gasteiger partial charge in [-0.3, -0.25) is 9.69 Å². The number of rotatable bonds is 7. The number of hydrogen-bond donors (Lipinski definition) is 2. The molecule has 1 amide bonds. The molecule has 8 heteroatoms. The van der Waals surface area contributed by atoms with Gasteiger partial charge in [-0.25, -0.2) is 8.42 Å². The lowest BCUT2D eigenvalue weighted by molar-refractivity contribution is -0.126. The van der Waals surface area contributed by atoms with Crippen LogP contribution in [0.15, 0.2) is 59.6 Å². The van der Waals surface area contributed by atoms with Gasteiger partial charge < -0.3 is 10.3 Å². The SMILES string of the molecule is Cc1ccc(S(=O)(=O)N2CCN(C(C)C(=O)NCCc3c[nH]c4ccccc34)CC2)cc1. The van der Waals surface area contributed by atoms with Crippen molar-refractivity contribution in [1.29, 1.82) is 0 Å². The third-order valence-electron chi connectivity index (χ3n) is 6.23. The lowest BCUT2D eigenvalue weighted by Crippen LogP contribution is -2.55. The summed E-state index contributed by atoms with van der Waals surface area (Å²) in [5, 5.41) is 4.21. The number of amides is 1. The Kier molecular flexibility index (Phi) is 6.64. The summed E-state index contributed by atoms with van der Waals surface area (Å²) < 4.78 is 27.3. The van der Waals surface area contributed by atoms with Gasteiger partial charge in [-0.1, -0.05) is 35.9 Å². The Morgan fingerprint density at radius 2 is 1.75 bits per heavy atom. The van der Waals surface area contributed by atoms with E-state index in [9.17, 15) is 13.2 Å². The van der Waals surface area contributed by atoms with Gasteiger partial charge >= 0.3 is 0 Å². The summed E-state index contributed by atoms with van der Waals surface area (Å²) in [5.41, 5.74) is 3.31. The van der Waals surface area contributed by atoms with Crippen molar-refractivity contribution in [3.8, 4) is 0 Å². The largest absolute Gasteiger partial charge is 0.361 e. The van der Waals surface area contributed by atoms with E-state index < -0.39 is 10.0 Å². The highest BCUT2D eigenvalue weighted by Gasteiger charge is 2.31. The second-order valence-electron chi connectivity index (χ2n) is 8.33. The second kappa shape index (κ2) is 9.44. The number of nitrogens with zero attached hydrogens (tertiary/aromatic N) is 2. The van der Waals surface area contributed by atoms with Crippen molar-refractivity contribution in [3.05, 3.63) is 65.9 Å². The maximum absolute atomic E-state index is 12.9. The first-order chi connectivity index (χ1) is 15.4. The number of H-pyrrole nitrogens is 1. The number of sulfonamides is 1. The maximum atomic E-state index is 12.9. The van der Waals surface area contributed by atoms with Crippen molar-refractivity contribution in [3.63, 3.8) is 0 Å². The molecule has 2 heterocycles. The van der Waals surface area contributed by atoms with Gasteiger partial charge in [0.05, 0.1) is 10.9 Å². The normalized spacial score (nSPS) is 16.8. The van der Waals surface area contributed by atoms with Gasteiger partial charge in [0.25, 0.3) is 0 Å². The van der Waals surface area contributed by atoms with Crippen LogP contribution in [0.25, 0.3) is 10.9 Å².